The number of benzene rings is 1. The third-order valence-corrected chi connectivity index (χ3v) is 3.41. The Kier molecular flexibility index (Phi) is 3.96. The van der Waals surface area contributed by atoms with Crippen LogP contribution in [0.3, 0.4) is 0 Å². The number of hydrogen-bond acceptors (Lipinski definition) is 3. The second-order valence-corrected chi connectivity index (χ2v) is 5.01. The SMILES string of the molecule is O=C(O)c1cccc(Cn2ccnc2Cc2cccnc2)c1. The molecule has 3 rings (SSSR count). The Bertz CT molecular complexity index is 781. The van der Waals surface area contributed by atoms with Gasteiger partial charge in [-0.3, -0.25) is 4.98 Å². The third-order valence-electron chi connectivity index (χ3n) is 3.41. The molecule has 5 heteroatoms. The molecule has 2 aromatic heterocycles. The second-order valence-electron chi connectivity index (χ2n) is 5.01. The Hall–Kier alpha value is -2.95. The molecule has 5 nitrogen and oxygen atoms in total. The first kappa shape index (κ1) is 14.0. The predicted molar refractivity (Wildman–Crippen MR) is 81.8 cm³/mol. The van der Waals surface area contributed by atoms with Gasteiger partial charge in [0.2, 0.25) is 0 Å². The van der Waals surface area contributed by atoms with Crippen LogP contribution in [-0.4, -0.2) is 25.6 Å². The number of aromatic nitrogens is 3. The quantitative estimate of drug-likeness (QED) is 0.785. The van der Waals surface area contributed by atoms with Crippen LogP contribution >= 0.6 is 0 Å². The van der Waals surface area contributed by atoms with Crippen molar-refractivity contribution in [3.8, 4) is 0 Å². The average Bonchev–Trinajstić information content (AvgIpc) is 2.95. The summed E-state index contributed by atoms with van der Waals surface area (Å²) in [6.45, 7) is 0.594. The van der Waals surface area contributed by atoms with Crippen molar-refractivity contribution in [3.63, 3.8) is 0 Å². The molecule has 22 heavy (non-hydrogen) atoms. The van der Waals surface area contributed by atoms with Crippen LogP contribution in [0.25, 0.3) is 0 Å². The number of pyridine rings is 1. The molecule has 0 bridgehead atoms. The highest BCUT2D eigenvalue weighted by atomic mass is 16.4. The summed E-state index contributed by atoms with van der Waals surface area (Å²) in [6, 6.07) is 10.9. The molecule has 0 aliphatic carbocycles. The molecule has 0 aliphatic heterocycles. The zero-order valence-electron chi connectivity index (χ0n) is 11.9. The highest BCUT2D eigenvalue weighted by molar-refractivity contribution is 5.87. The minimum absolute atomic E-state index is 0.298. The largest absolute Gasteiger partial charge is 0.478 e. The minimum atomic E-state index is -0.914. The van der Waals surface area contributed by atoms with E-state index in [0.717, 1.165) is 17.0 Å². The zero-order valence-corrected chi connectivity index (χ0v) is 11.9. The van der Waals surface area contributed by atoms with E-state index >= 15 is 0 Å². The van der Waals surface area contributed by atoms with Gasteiger partial charge in [0, 0.05) is 37.8 Å². The molecule has 0 unspecified atom stereocenters. The van der Waals surface area contributed by atoms with Crippen molar-refractivity contribution in [1.29, 1.82) is 0 Å². The number of carboxylic acids is 1. The molecule has 0 aliphatic rings. The van der Waals surface area contributed by atoms with Crippen LogP contribution in [-0.2, 0) is 13.0 Å². The van der Waals surface area contributed by atoms with E-state index in [2.05, 4.69) is 9.97 Å². The molecule has 0 radical (unpaired) electrons. The van der Waals surface area contributed by atoms with Crippen LogP contribution in [0.4, 0.5) is 0 Å². The Labute approximate surface area is 127 Å². The standard InChI is InChI=1S/C17H15N3O2/c21-17(22)15-5-1-3-14(9-15)12-20-8-7-19-16(20)10-13-4-2-6-18-11-13/h1-9,11H,10,12H2,(H,21,22). The van der Waals surface area contributed by atoms with Crippen molar-refractivity contribution in [2.45, 2.75) is 13.0 Å². The molecule has 0 saturated carbocycles. The Morgan fingerprint density at radius 3 is 2.77 bits per heavy atom. The van der Waals surface area contributed by atoms with E-state index in [1.165, 1.54) is 0 Å². The van der Waals surface area contributed by atoms with Crippen LogP contribution < -0.4 is 0 Å². The van der Waals surface area contributed by atoms with E-state index in [0.29, 0.717) is 18.5 Å². The number of rotatable bonds is 5. The summed E-state index contributed by atoms with van der Waals surface area (Å²) in [4.78, 5) is 19.5. The van der Waals surface area contributed by atoms with E-state index in [1.54, 1.807) is 30.6 Å². The lowest BCUT2D eigenvalue weighted by molar-refractivity contribution is 0.0696. The van der Waals surface area contributed by atoms with E-state index in [-0.39, 0.29) is 0 Å². The molecular weight excluding hydrogens is 278 g/mol. The van der Waals surface area contributed by atoms with Gasteiger partial charge in [-0.05, 0) is 29.3 Å². The third kappa shape index (κ3) is 3.20. The normalized spacial score (nSPS) is 10.5. The van der Waals surface area contributed by atoms with Crippen LogP contribution in [0.15, 0.2) is 61.2 Å². The molecular formula is C17H15N3O2. The van der Waals surface area contributed by atoms with Gasteiger partial charge in [-0.15, -0.1) is 0 Å². The molecule has 0 saturated heterocycles. The molecule has 1 aromatic carbocycles. The van der Waals surface area contributed by atoms with Crippen molar-refractivity contribution in [1.82, 2.24) is 14.5 Å². The number of carboxylic acid groups (broad SMARTS) is 1. The van der Waals surface area contributed by atoms with Crippen LogP contribution in [0.5, 0.6) is 0 Å². The number of nitrogens with zero attached hydrogens (tertiary/aromatic N) is 3. The fourth-order valence-electron chi connectivity index (χ4n) is 2.34. The van der Waals surface area contributed by atoms with Gasteiger partial charge in [-0.2, -0.15) is 0 Å². The highest BCUT2D eigenvalue weighted by Gasteiger charge is 2.07. The first-order valence-electron chi connectivity index (χ1n) is 6.93. The van der Waals surface area contributed by atoms with E-state index < -0.39 is 5.97 Å². The molecule has 3 aromatic rings. The maximum absolute atomic E-state index is 11.0. The summed E-state index contributed by atoms with van der Waals surface area (Å²) >= 11 is 0. The van der Waals surface area contributed by atoms with Crippen molar-refractivity contribution >= 4 is 5.97 Å². The predicted octanol–water partition coefficient (Wildman–Crippen LogP) is 2.62. The van der Waals surface area contributed by atoms with Gasteiger partial charge in [-0.25, -0.2) is 9.78 Å². The van der Waals surface area contributed by atoms with Gasteiger partial charge in [0.15, 0.2) is 0 Å². The van der Waals surface area contributed by atoms with E-state index in [9.17, 15) is 4.79 Å². The maximum atomic E-state index is 11.0. The second kappa shape index (κ2) is 6.22. The summed E-state index contributed by atoms with van der Waals surface area (Å²) in [6.07, 6.45) is 7.92. The lowest BCUT2D eigenvalue weighted by atomic mass is 10.1. The first-order chi connectivity index (χ1) is 10.7. The number of hydrogen-bond donors (Lipinski definition) is 1. The Morgan fingerprint density at radius 1 is 1.14 bits per heavy atom. The Morgan fingerprint density at radius 2 is 2.00 bits per heavy atom. The van der Waals surface area contributed by atoms with Gasteiger partial charge in [0.1, 0.15) is 5.82 Å². The smallest absolute Gasteiger partial charge is 0.335 e. The number of imidazole rings is 1. The molecule has 0 amide bonds. The van der Waals surface area contributed by atoms with Gasteiger partial charge in [0.05, 0.1) is 5.56 Å². The monoisotopic (exact) mass is 293 g/mol. The van der Waals surface area contributed by atoms with Gasteiger partial charge in [-0.1, -0.05) is 18.2 Å². The summed E-state index contributed by atoms with van der Waals surface area (Å²) in [7, 11) is 0. The van der Waals surface area contributed by atoms with Crippen LogP contribution in [0, 0.1) is 0 Å². The van der Waals surface area contributed by atoms with Crippen LogP contribution in [0.2, 0.25) is 0 Å². The maximum Gasteiger partial charge on any atom is 0.335 e. The van der Waals surface area contributed by atoms with Gasteiger partial charge in [0.25, 0.3) is 0 Å². The van der Waals surface area contributed by atoms with Crippen molar-refractivity contribution in [2.75, 3.05) is 0 Å². The fraction of sp³-hybridized carbons (Fsp3) is 0.118. The molecule has 110 valence electrons. The van der Waals surface area contributed by atoms with E-state index in [4.69, 9.17) is 5.11 Å². The molecule has 2 heterocycles. The summed E-state index contributed by atoms with van der Waals surface area (Å²) in [5, 5.41) is 9.06. The first-order valence-corrected chi connectivity index (χ1v) is 6.93. The van der Waals surface area contributed by atoms with Gasteiger partial charge < -0.3 is 9.67 Å². The molecule has 0 atom stereocenters. The lowest BCUT2D eigenvalue weighted by Gasteiger charge is -2.08. The number of aromatic carboxylic acids is 1. The Balaban J connectivity index is 1.80. The minimum Gasteiger partial charge on any atom is -0.478 e. The fourth-order valence-corrected chi connectivity index (χ4v) is 2.34. The zero-order chi connectivity index (χ0) is 15.4. The van der Waals surface area contributed by atoms with Crippen molar-refractivity contribution < 1.29 is 9.90 Å². The molecule has 1 N–H and O–H groups in total. The summed E-state index contributed by atoms with van der Waals surface area (Å²) < 4.78 is 2.02. The van der Waals surface area contributed by atoms with Crippen molar-refractivity contribution in [2.24, 2.45) is 0 Å². The molecule has 0 spiro atoms. The van der Waals surface area contributed by atoms with E-state index in [1.807, 2.05) is 35.2 Å². The topological polar surface area (TPSA) is 68.0 Å². The van der Waals surface area contributed by atoms with Gasteiger partial charge >= 0.3 is 5.97 Å². The number of carbonyl (C=O) groups is 1. The van der Waals surface area contributed by atoms with Crippen molar-refractivity contribution in [3.05, 3.63) is 83.7 Å². The molecule has 0 fully saturated rings. The highest BCUT2D eigenvalue weighted by Crippen LogP contribution is 2.11. The summed E-state index contributed by atoms with van der Waals surface area (Å²) in [5.41, 5.74) is 2.32. The van der Waals surface area contributed by atoms with Crippen LogP contribution in [0.1, 0.15) is 27.3 Å². The average molecular weight is 293 g/mol. The lowest BCUT2D eigenvalue weighted by Crippen LogP contribution is -2.06. The summed E-state index contributed by atoms with van der Waals surface area (Å²) in [5.74, 6) is 0.0109.